The van der Waals surface area contributed by atoms with Crippen molar-refractivity contribution in [3.63, 3.8) is 0 Å². The van der Waals surface area contributed by atoms with Crippen LogP contribution < -0.4 is 0 Å². The maximum atomic E-state index is 5.70. The van der Waals surface area contributed by atoms with Crippen LogP contribution in [0.3, 0.4) is 0 Å². The van der Waals surface area contributed by atoms with Crippen LogP contribution in [0, 0.1) is 0 Å². The van der Waals surface area contributed by atoms with Crippen molar-refractivity contribution in [1.29, 1.82) is 0 Å². The maximum absolute atomic E-state index is 5.70. The molecule has 0 aliphatic heterocycles. The average Bonchev–Trinajstić information content (AvgIpc) is 2.41. The van der Waals surface area contributed by atoms with E-state index in [0.717, 1.165) is 19.3 Å². The first-order chi connectivity index (χ1) is 9.26. The summed E-state index contributed by atoms with van der Waals surface area (Å²) in [5.41, 5.74) is 1.33. The molecule has 3 heteroatoms. The molecule has 0 bridgehead atoms. The molecule has 0 fully saturated rings. The van der Waals surface area contributed by atoms with E-state index in [2.05, 4.69) is 24.3 Å². The fourth-order valence-electron chi connectivity index (χ4n) is 2.15. The average molecular weight is 266 g/mol. The van der Waals surface area contributed by atoms with Gasteiger partial charge in [-0.15, -0.1) is 0 Å². The summed E-state index contributed by atoms with van der Waals surface area (Å²) in [6, 6.07) is 10.5. The second-order valence-electron chi connectivity index (χ2n) is 4.32. The lowest BCUT2D eigenvalue weighted by Gasteiger charge is -2.32. The Hall–Kier alpha value is -0.900. The Morgan fingerprint density at radius 1 is 0.842 bits per heavy atom. The molecule has 0 amide bonds. The molecule has 1 rings (SSSR count). The summed E-state index contributed by atoms with van der Waals surface area (Å²) >= 11 is 0. The van der Waals surface area contributed by atoms with Gasteiger partial charge in [0.05, 0.1) is 0 Å². The summed E-state index contributed by atoms with van der Waals surface area (Å²) in [4.78, 5) is 0. The fraction of sp³-hybridized carbons (Fsp3) is 0.625. The van der Waals surface area contributed by atoms with Gasteiger partial charge in [-0.25, -0.2) is 0 Å². The van der Waals surface area contributed by atoms with Gasteiger partial charge in [-0.05, 0) is 39.2 Å². The van der Waals surface area contributed by atoms with Crippen LogP contribution in [0.1, 0.15) is 39.2 Å². The SMILES string of the molecule is CCOC(CCCc1ccccc1)(OCC)OCC. The zero-order valence-corrected chi connectivity index (χ0v) is 12.4. The van der Waals surface area contributed by atoms with Crippen molar-refractivity contribution in [3.8, 4) is 0 Å². The molecule has 1 aromatic rings. The largest absolute Gasteiger partial charge is 0.328 e. The molecule has 0 saturated carbocycles. The first kappa shape index (κ1) is 16.2. The normalized spacial score (nSPS) is 11.7. The zero-order chi connectivity index (χ0) is 14.0. The standard InChI is InChI=1S/C16H26O3/c1-4-17-16(18-5-2,19-6-3)14-10-13-15-11-8-7-9-12-15/h7-9,11-12H,4-6,10,13-14H2,1-3H3. The molecular formula is C16H26O3. The first-order valence-electron chi connectivity index (χ1n) is 7.22. The molecule has 0 radical (unpaired) electrons. The highest BCUT2D eigenvalue weighted by Gasteiger charge is 2.31. The smallest absolute Gasteiger partial charge is 0.282 e. The van der Waals surface area contributed by atoms with Crippen LogP contribution in [0.4, 0.5) is 0 Å². The quantitative estimate of drug-likeness (QED) is 0.603. The van der Waals surface area contributed by atoms with Crippen molar-refractivity contribution in [2.24, 2.45) is 0 Å². The molecule has 0 heterocycles. The number of hydrogen-bond acceptors (Lipinski definition) is 3. The van der Waals surface area contributed by atoms with Gasteiger partial charge in [0.15, 0.2) is 0 Å². The van der Waals surface area contributed by atoms with Crippen molar-refractivity contribution in [2.75, 3.05) is 19.8 Å². The molecular weight excluding hydrogens is 240 g/mol. The highest BCUT2D eigenvalue weighted by Crippen LogP contribution is 2.23. The Kier molecular flexibility index (Phi) is 7.72. The topological polar surface area (TPSA) is 27.7 Å². The van der Waals surface area contributed by atoms with Crippen LogP contribution in [0.25, 0.3) is 0 Å². The van der Waals surface area contributed by atoms with Crippen LogP contribution in [0.15, 0.2) is 30.3 Å². The lowest BCUT2D eigenvalue weighted by atomic mass is 10.1. The summed E-state index contributed by atoms with van der Waals surface area (Å²) < 4.78 is 17.1. The molecule has 0 aliphatic carbocycles. The van der Waals surface area contributed by atoms with Crippen molar-refractivity contribution < 1.29 is 14.2 Å². The summed E-state index contributed by atoms with van der Waals surface area (Å²) in [7, 11) is 0. The highest BCUT2D eigenvalue weighted by molar-refractivity contribution is 5.14. The summed E-state index contributed by atoms with van der Waals surface area (Å²) in [6.45, 7) is 7.65. The van der Waals surface area contributed by atoms with E-state index in [1.165, 1.54) is 5.56 Å². The highest BCUT2D eigenvalue weighted by atomic mass is 16.9. The van der Waals surface area contributed by atoms with E-state index in [-0.39, 0.29) is 0 Å². The summed E-state index contributed by atoms with van der Waals surface area (Å²) in [6.07, 6.45) is 2.73. The Morgan fingerprint density at radius 3 is 1.84 bits per heavy atom. The molecule has 0 unspecified atom stereocenters. The van der Waals surface area contributed by atoms with Gasteiger partial charge in [-0.2, -0.15) is 0 Å². The Morgan fingerprint density at radius 2 is 1.37 bits per heavy atom. The molecule has 108 valence electrons. The number of benzene rings is 1. The molecule has 0 atom stereocenters. The van der Waals surface area contributed by atoms with Gasteiger partial charge in [-0.3, -0.25) is 0 Å². The van der Waals surface area contributed by atoms with Gasteiger partial charge in [-0.1, -0.05) is 30.3 Å². The van der Waals surface area contributed by atoms with E-state index in [4.69, 9.17) is 14.2 Å². The Balaban J connectivity index is 2.51. The zero-order valence-electron chi connectivity index (χ0n) is 12.4. The minimum absolute atomic E-state index is 0.589. The Bertz CT molecular complexity index is 307. The van der Waals surface area contributed by atoms with Gasteiger partial charge >= 0.3 is 0 Å². The predicted molar refractivity (Wildman–Crippen MR) is 77.0 cm³/mol. The van der Waals surface area contributed by atoms with Crippen LogP contribution in [-0.4, -0.2) is 25.8 Å². The van der Waals surface area contributed by atoms with Crippen molar-refractivity contribution in [2.45, 2.75) is 46.0 Å². The van der Waals surface area contributed by atoms with Crippen LogP contribution in [0.5, 0.6) is 0 Å². The second-order valence-corrected chi connectivity index (χ2v) is 4.32. The van der Waals surface area contributed by atoms with Gasteiger partial charge in [0.25, 0.3) is 5.97 Å². The van der Waals surface area contributed by atoms with Crippen LogP contribution in [0.2, 0.25) is 0 Å². The first-order valence-corrected chi connectivity index (χ1v) is 7.22. The number of hydrogen-bond donors (Lipinski definition) is 0. The molecule has 0 aliphatic rings. The number of aryl methyl sites for hydroxylation is 1. The van der Waals surface area contributed by atoms with Crippen molar-refractivity contribution in [3.05, 3.63) is 35.9 Å². The van der Waals surface area contributed by atoms with E-state index in [1.807, 2.05) is 26.8 Å². The van der Waals surface area contributed by atoms with Crippen LogP contribution in [-0.2, 0) is 20.6 Å². The van der Waals surface area contributed by atoms with Crippen molar-refractivity contribution >= 4 is 0 Å². The third-order valence-electron chi connectivity index (χ3n) is 2.88. The van der Waals surface area contributed by atoms with E-state index in [0.29, 0.717) is 19.8 Å². The summed E-state index contributed by atoms with van der Waals surface area (Å²) in [5.74, 6) is -0.868. The van der Waals surface area contributed by atoms with Gasteiger partial charge < -0.3 is 14.2 Å². The van der Waals surface area contributed by atoms with E-state index in [9.17, 15) is 0 Å². The van der Waals surface area contributed by atoms with E-state index in [1.54, 1.807) is 0 Å². The monoisotopic (exact) mass is 266 g/mol. The van der Waals surface area contributed by atoms with Gasteiger partial charge in [0, 0.05) is 26.2 Å². The number of ether oxygens (including phenoxy) is 3. The third-order valence-corrected chi connectivity index (χ3v) is 2.88. The van der Waals surface area contributed by atoms with Crippen molar-refractivity contribution in [1.82, 2.24) is 0 Å². The maximum Gasteiger partial charge on any atom is 0.282 e. The second kappa shape index (κ2) is 9.08. The lowest BCUT2D eigenvalue weighted by Crippen LogP contribution is -2.39. The molecule has 0 aromatic heterocycles. The minimum atomic E-state index is -0.868. The van der Waals surface area contributed by atoms with Gasteiger partial charge in [0.2, 0.25) is 0 Å². The van der Waals surface area contributed by atoms with E-state index >= 15 is 0 Å². The molecule has 1 aromatic carbocycles. The predicted octanol–water partition coefficient (Wildman–Crippen LogP) is 3.77. The molecule has 3 nitrogen and oxygen atoms in total. The molecule has 0 saturated heterocycles. The van der Waals surface area contributed by atoms with Crippen LogP contribution >= 0.6 is 0 Å². The molecule has 0 spiro atoms. The lowest BCUT2D eigenvalue weighted by molar-refractivity contribution is -0.379. The molecule has 0 N–H and O–H groups in total. The Labute approximate surface area is 116 Å². The summed E-state index contributed by atoms with van der Waals surface area (Å²) in [5, 5.41) is 0. The fourth-order valence-corrected chi connectivity index (χ4v) is 2.15. The van der Waals surface area contributed by atoms with Gasteiger partial charge in [0.1, 0.15) is 0 Å². The third kappa shape index (κ3) is 5.72. The van der Waals surface area contributed by atoms with E-state index < -0.39 is 5.97 Å². The number of rotatable bonds is 10. The molecule has 19 heavy (non-hydrogen) atoms. The minimum Gasteiger partial charge on any atom is -0.328 e.